The molecular weight excluding hydrogens is 389 g/mol. The van der Waals surface area contributed by atoms with Gasteiger partial charge in [-0.05, 0) is 29.8 Å². The third-order valence-corrected chi connectivity index (χ3v) is 5.44. The molecule has 1 amide bonds. The monoisotopic (exact) mass is 401 g/mol. The number of nitrogens with one attached hydrogen (secondary N) is 1. The number of rotatable bonds is 4. The molecule has 4 aromatic rings. The highest BCUT2D eigenvalue weighted by Gasteiger charge is 2.11. The van der Waals surface area contributed by atoms with Crippen LogP contribution in [0.15, 0.2) is 60.2 Å². The van der Waals surface area contributed by atoms with Gasteiger partial charge in [0.25, 0.3) is 0 Å². The fourth-order valence-corrected chi connectivity index (χ4v) is 3.89. The second-order valence-corrected chi connectivity index (χ2v) is 7.41. The fourth-order valence-electron chi connectivity index (χ4n) is 2.66. The van der Waals surface area contributed by atoms with E-state index in [2.05, 4.69) is 10.3 Å². The molecular formula is C19H13Cl2N3OS. The fraction of sp³-hybridized carbons (Fsp3) is 0.0526. The minimum absolute atomic E-state index is 0.123. The Morgan fingerprint density at radius 1 is 1.12 bits per heavy atom. The van der Waals surface area contributed by atoms with E-state index >= 15 is 0 Å². The number of thiazole rings is 1. The van der Waals surface area contributed by atoms with E-state index in [0.717, 1.165) is 16.2 Å². The van der Waals surface area contributed by atoms with Crippen LogP contribution in [0.4, 0.5) is 5.69 Å². The Hall–Kier alpha value is -2.34. The summed E-state index contributed by atoms with van der Waals surface area (Å²) in [5.41, 5.74) is 3.23. The first kappa shape index (κ1) is 17.1. The number of benzene rings is 2. The van der Waals surface area contributed by atoms with Crippen LogP contribution >= 0.6 is 34.5 Å². The molecule has 0 saturated heterocycles. The molecule has 0 aliphatic heterocycles. The summed E-state index contributed by atoms with van der Waals surface area (Å²) < 4.78 is 1.99. The quantitative estimate of drug-likeness (QED) is 0.487. The van der Waals surface area contributed by atoms with Crippen LogP contribution in [-0.2, 0) is 11.2 Å². The lowest BCUT2D eigenvalue weighted by atomic mass is 10.1. The molecule has 130 valence electrons. The molecule has 0 spiro atoms. The zero-order chi connectivity index (χ0) is 18.1. The predicted molar refractivity (Wildman–Crippen MR) is 107 cm³/mol. The molecule has 0 aliphatic carbocycles. The van der Waals surface area contributed by atoms with Gasteiger partial charge in [-0.2, -0.15) is 0 Å². The largest absolute Gasteiger partial charge is 0.326 e. The maximum atomic E-state index is 12.3. The van der Waals surface area contributed by atoms with Crippen molar-refractivity contribution in [2.24, 2.45) is 0 Å². The Balaban J connectivity index is 1.47. The molecule has 2 heterocycles. The lowest BCUT2D eigenvalue weighted by molar-refractivity contribution is -0.115. The summed E-state index contributed by atoms with van der Waals surface area (Å²) in [7, 11) is 0. The Bertz CT molecular complexity index is 1040. The molecule has 26 heavy (non-hydrogen) atoms. The smallest absolute Gasteiger partial charge is 0.228 e. The molecule has 0 fully saturated rings. The number of amides is 1. The van der Waals surface area contributed by atoms with Crippen LogP contribution in [0.5, 0.6) is 0 Å². The summed E-state index contributed by atoms with van der Waals surface area (Å²) in [6, 6.07) is 12.8. The zero-order valence-electron chi connectivity index (χ0n) is 13.4. The SMILES string of the molecule is O=C(Cc1c(Cl)cccc1Cl)Nc1ccc(-c2cn3ccsc3n2)cc1. The number of hydrogen-bond acceptors (Lipinski definition) is 3. The Morgan fingerprint density at radius 3 is 2.54 bits per heavy atom. The van der Waals surface area contributed by atoms with Crippen LogP contribution in [0.3, 0.4) is 0 Å². The van der Waals surface area contributed by atoms with Crippen molar-refractivity contribution in [3.8, 4) is 11.3 Å². The first-order valence-corrected chi connectivity index (χ1v) is 9.49. The summed E-state index contributed by atoms with van der Waals surface area (Å²) in [4.78, 5) is 17.8. The van der Waals surface area contributed by atoms with Crippen molar-refractivity contribution in [2.45, 2.75) is 6.42 Å². The van der Waals surface area contributed by atoms with Crippen LogP contribution in [0.2, 0.25) is 10.0 Å². The van der Waals surface area contributed by atoms with Crippen molar-refractivity contribution >= 4 is 51.1 Å². The van der Waals surface area contributed by atoms with Crippen molar-refractivity contribution < 1.29 is 4.79 Å². The van der Waals surface area contributed by atoms with Gasteiger partial charge in [0.1, 0.15) is 0 Å². The van der Waals surface area contributed by atoms with E-state index in [4.69, 9.17) is 23.2 Å². The Labute approximate surface area is 164 Å². The standard InChI is InChI=1S/C19H13Cl2N3OS/c20-15-2-1-3-16(21)14(15)10-18(25)22-13-6-4-12(5-7-13)17-11-24-8-9-26-19(24)23-17/h1-9,11H,10H2,(H,22,25). The number of carbonyl (C=O) groups is 1. The van der Waals surface area contributed by atoms with E-state index in [-0.39, 0.29) is 12.3 Å². The molecule has 4 nitrogen and oxygen atoms in total. The zero-order valence-corrected chi connectivity index (χ0v) is 15.8. The van der Waals surface area contributed by atoms with Gasteiger partial charge < -0.3 is 5.32 Å². The third kappa shape index (κ3) is 3.46. The van der Waals surface area contributed by atoms with Crippen molar-refractivity contribution in [1.29, 1.82) is 0 Å². The van der Waals surface area contributed by atoms with Gasteiger partial charge in [-0.1, -0.05) is 41.4 Å². The van der Waals surface area contributed by atoms with Crippen LogP contribution in [0.1, 0.15) is 5.56 Å². The average molecular weight is 402 g/mol. The van der Waals surface area contributed by atoms with Gasteiger partial charge in [0.05, 0.1) is 12.1 Å². The molecule has 2 aromatic carbocycles. The summed E-state index contributed by atoms with van der Waals surface area (Å²) in [6.07, 6.45) is 4.08. The van der Waals surface area contributed by atoms with E-state index in [1.54, 1.807) is 29.5 Å². The summed E-state index contributed by atoms with van der Waals surface area (Å²) in [5, 5.41) is 5.84. The molecule has 7 heteroatoms. The van der Waals surface area contributed by atoms with Gasteiger partial charge in [0.2, 0.25) is 5.91 Å². The number of anilines is 1. The van der Waals surface area contributed by atoms with Gasteiger partial charge in [-0.15, -0.1) is 11.3 Å². The van der Waals surface area contributed by atoms with Crippen LogP contribution in [-0.4, -0.2) is 15.3 Å². The van der Waals surface area contributed by atoms with E-state index in [1.165, 1.54) is 0 Å². The van der Waals surface area contributed by atoms with Gasteiger partial charge in [0, 0.05) is 39.1 Å². The van der Waals surface area contributed by atoms with E-state index in [9.17, 15) is 4.79 Å². The Kier molecular flexibility index (Phi) is 4.68. The third-order valence-electron chi connectivity index (χ3n) is 3.96. The first-order valence-electron chi connectivity index (χ1n) is 7.85. The van der Waals surface area contributed by atoms with E-state index < -0.39 is 0 Å². The van der Waals surface area contributed by atoms with Gasteiger partial charge in [-0.25, -0.2) is 4.98 Å². The molecule has 0 saturated carbocycles. The van der Waals surface area contributed by atoms with Crippen molar-refractivity contribution in [3.63, 3.8) is 0 Å². The Morgan fingerprint density at radius 2 is 1.85 bits per heavy atom. The lowest BCUT2D eigenvalue weighted by Gasteiger charge is -2.08. The highest BCUT2D eigenvalue weighted by Crippen LogP contribution is 2.26. The number of aromatic nitrogens is 2. The summed E-state index contributed by atoms with van der Waals surface area (Å²) in [6.45, 7) is 0. The lowest BCUT2D eigenvalue weighted by Crippen LogP contribution is -2.14. The molecule has 0 unspecified atom stereocenters. The minimum Gasteiger partial charge on any atom is -0.326 e. The first-order chi connectivity index (χ1) is 12.6. The molecule has 4 rings (SSSR count). The maximum Gasteiger partial charge on any atom is 0.228 e. The number of carbonyl (C=O) groups excluding carboxylic acids is 1. The van der Waals surface area contributed by atoms with Gasteiger partial charge in [-0.3, -0.25) is 9.20 Å². The number of fused-ring (bicyclic) bond motifs is 1. The normalized spacial score (nSPS) is 11.0. The maximum absolute atomic E-state index is 12.3. The number of nitrogens with zero attached hydrogens (tertiary/aromatic N) is 2. The topological polar surface area (TPSA) is 46.4 Å². The number of halogens is 2. The van der Waals surface area contributed by atoms with Crippen molar-refractivity contribution in [2.75, 3.05) is 5.32 Å². The second kappa shape index (κ2) is 7.11. The van der Waals surface area contributed by atoms with E-state index in [0.29, 0.717) is 21.3 Å². The molecule has 1 N–H and O–H groups in total. The molecule has 0 aliphatic rings. The molecule has 2 aromatic heterocycles. The number of imidazole rings is 1. The molecule has 0 bridgehead atoms. The second-order valence-electron chi connectivity index (χ2n) is 5.72. The molecule has 0 atom stereocenters. The van der Waals surface area contributed by atoms with Crippen molar-refractivity contribution in [1.82, 2.24) is 9.38 Å². The van der Waals surface area contributed by atoms with Gasteiger partial charge >= 0.3 is 0 Å². The van der Waals surface area contributed by atoms with E-state index in [1.807, 2.05) is 46.4 Å². The summed E-state index contributed by atoms with van der Waals surface area (Å²) in [5.74, 6) is -0.171. The summed E-state index contributed by atoms with van der Waals surface area (Å²) >= 11 is 13.8. The van der Waals surface area contributed by atoms with Crippen LogP contribution in [0, 0.1) is 0 Å². The minimum atomic E-state index is -0.171. The molecule has 0 radical (unpaired) electrons. The predicted octanol–water partition coefficient (Wildman–Crippen LogP) is 5.55. The highest BCUT2D eigenvalue weighted by atomic mass is 35.5. The van der Waals surface area contributed by atoms with Crippen molar-refractivity contribution in [3.05, 3.63) is 75.8 Å². The average Bonchev–Trinajstić information content (AvgIpc) is 3.21. The van der Waals surface area contributed by atoms with Crippen LogP contribution in [0.25, 0.3) is 16.2 Å². The number of hydrogen-bond donors (Lipinski definition) is 1. The highest BCUT2D eigenvalue weighted by molar-refractivity contribution is 7.15. The van der Waals surface area contributed by atoms with Gasteiger partial charge in [0.15, 0.2) is 4.96 Å². The van der Waals surface area contributed by atoms with Crippen LogP contribution < -0.4 is 5.32 Å².